The molecule has 0 aliphatic rings. The predicted octanol–water partition coefficient (Wildman–Crippen LogP) is 2.67. The van der Waals surface area contributed by atoms with Crippen LogP contribution in [0.1, 0.15) is 39.2 Å². The minimum Gasteiger partial charge on any atom is -0.347 e. The van der Waals surface area contributed by atoms with E-state index in [4.69, 9.17) is 0 Å². The van der Waals surface area contributed by atoms with Gasteiger partial charge in [0.05, 0.1) is 17.7 Å². The molecule has 0 spiro atoms. The van der Waals surface area contributed by atoms with Gasteiger partial charge < -0.3 is 5.32 Å². The van der Waals surface area contributed by atoms with Gasteiger partial charge in [-0.15, -0.1) is 11.3 Å². The van der Waals surface area contributed by atoms with Crippen molar-refractivity contribution in [3.63, 3.8) is 0 Å². The van der Waals surface area contributed by atoms with Gasteiger partial charge >= 0.3 is 0 Å². The number of nitrogens with one attached hydrogen (secondary N) is 1. The molecule has 24 heavy (non-hydrogen) atoms. The summed E-state index contributed by atoms with van der Waals surface area (Å²) in [6.45, 7) is 3.21. The van der Waals surface area contributed by atoms with Gasteiger partial charge in [0.2, 0.25) is 0 Å². The molecule has 0 atom stereocenters. The van der Waals surface area contributed by atoms with E-state index in [1.165, 1.54) is 17.7 Å². The molecule has 3 rings (SSSR count). The fourth-order valence-electron chi connectivity index (χ4n) is 2.38. The van der Waals surface area contributed by atoms with E-state index in [1.54, 1.807) is 17.2 Å². The molecule has 1 N–H and O–H groups in total. The predicted molar refractivity (Wildman–Crippen MR) is 92.8 cm³/mol. The highest BCUT2D eigenvalue weighted by Crippen LogP contribution is 2.15. The topological polar surface area (TPSA) is 72.7 Å². The average Bonchev–Trinajstić information content (AvgIpc) is 3.26. The SMILES string of the molecule is CCCc1ncc(C(=O)NCc2ccccc2Cn2cncn2)s1. The lowest BCUT2D eigenvalue weighted by Gasteiger charge is -2.10. The zero-order valence-electron chi connectivity index (χ0n) is 13.5. The van der Waals surface area contributed by atoms with Gasteiger partial charge in [-0.3, -0.25) is 4.79 Å². The standard InChI is InChI=1S/C17H19N5OS/c1-2-5-16-19-9-15(24-16)17(23)20-8-13-6-3-4-7-14(13)10-22-12-18-11-21-22/h3-4,6-7,9,11-12H,2,5,8,10H2,1H3,(H,20,23). The molecule has 0 aliphatic carbocycles. The largest absolute Gasteiger partial charge is 0.347 e. The summed E-state index contributed by atoms with van der Waals surface area (Å²) in [5.41, 5.74) is 2.18. The first kappa shape index (κ1) is 16.3. The van der Waals surface area contributed by atoms with Crippen LogP contribution in [0.2, 0.25) is 0 Å². The van der Waals surface area contributed by atoms with Gasteiger partial charge in [-0.1, -0.05) is 31.2 Å². The second-order valence-corrected chi connectivity index (χ2v) is 6.53. The van der Waals surface area contributed by atoms with Crippen molar-refractivity contribution in [1.82, 2.24) is 25.1 Å². The second-order valence-electron chi connectivity index (χ2n) is 5.41. The first-order chi connectivity index (χ1) is 11.8. The van der Waals surface area contributed by atoms with Crippen LogP contribution in [-0.2, 0) is 19.5 Å². The van der Waals surface area contributed by atoms with Crippen LogP contribution in [0.4, 0.5) is 0 Å². The Balaban J connectivity index is 1.64. The van der Waals surface area contributed by atoms with Gasteiger partial charge in [0.15, 0.2) is 0 Å². The van der Waals surface area contributed by atoms with Crippen molar-refractivity contribution in [3.8, 4) is 0 Å². The maximum atomic E-state index is 12.3. The van der Waals surface area contributed by atoms with Gasteiger partial charge in [0, 0.05) is 6.54 Å². The zero-order valence-corrected chi connectivity index (χ0v) is 14.3. The van der Waals surface area contributed by atoms with E-state index in [9.17, 15) is 4.79 Å². The molecular weight excluding hydrogens is 322 g/mol. The van der Waals surface area contributed by atoms with E-state index in [1.807, 2.05) is 24.3 Å². The first-order valence-corrected chi connectivity index (χ1v) is 8.70. The first-order valence-electron chi connectivity index (χ1n) is 7.88. The Morgan fingerprint density at radius 2 is 2.12 bits per heavy atom. The van der Waals surface area contributed by atoms with Gasteiger partial charge in [-0.25, -0.2) is 14.6 Å². The molecule has 1 amide bonds. The van der Waals surface area contributed by atoms with Crippen molar-refractivity contribution in [2.75, 3.05) is 0 Å². The van der Waals surface area contributed by atoms with Gasteiger partial charge in [-0.05, 0) is 24.0 Å². The number of hydrogen-bond donors (Lipinski definition) is 1. The average molecular weight is 341 g/mol. The fourth-order valence-corrected chi connectivity index (χ4v) is 3.32. The van der Waals surface area contributed by atoms with E-state index >= 15 is 0 Å². The van der Waals surface area contributed by atoms with E-state index < -0.39 is 0 Å². The molecular formula is C17H19N5OS. The summed E-state index contributed by atoms with van der Waals surface area (Å²) < 4.78 is 1.76. The lowest BCUT2D eigenvalue weighted by molar-refractivity contribution is 0.0954. The highest BCUT2D eigenvalue weighted by atomic mass is 32.1. The molecule has 0 unspecified atom stereocenters. The zero-order chi connectivity index (χ0) is 16.8. The molecule has 0 saturated carbocycles. The van der Waals surface area contributed by atoms with Crippen LogP contribution in [0.25, 0.3) is 0 Å². The monoisotopic (exact) mass is 341 g/mol. The maximum Gasteiger partial charge on any atom is 0.263 e. The number of amides is 1. The second kappa shape index (κ2) is 7.83. The Morgan fingerprint density at radius 1 is 1.29 bits per heavy atom. The molecule has 6 nitrogen and oxygen atoms in total. The molecule has 0 fully saturated rings. The minimum absolute atomic E-state index is 0.0783. The lowest BCUT2D eigenvalue weighted by Crippen LogP contribution is -2.22. The van der Waals surface area contributed by atoms with Crippen LogP contribution in [0, 0.1) is 0 Å². The summed E-state index contributed by atoms with van der Waals surface area (Å²) in [6.07, 6.45) is 6.80. The van der Waals surface area contributed by atoms with E-state index in [-0.39, 0.29) is 5.91 Å². The molecule has 3 aromatic rings. The molecule has 7 heteroatoms. The van der Waals surface area contributed by atoms with Crippen LogP contribution < -0.4 is 5.32 Å². The summed E-state index contributed by atoms with van der Waals surface area (Å²) in [5.74, 6) is -0.0783. The molecule has 0 radical (unpaired) electrons. The molecule has 2 heterocycles. The molecule has 0 saturated heterocycles. The number of carbonyl (C=O) groups is 1. The van der Waals surface area contributed by atoms with Crippen molar-refractivity contribution in [3.05, 3.63) is 64.1 Å². The Hall–Kier alpha value is -2.54. The van der Waals surface area contributed by atoms with Crippen LogP contribution in [-0.4, -0.2) is 25.7 Å². The maximum absolute atomic E-state index is 12.3. The van der Waals surface area contributed by atoms with Crippen molar-refractivity contribution >= 4 is 17.2 Å². The number of hydrogen-bond acceptors (Lipinski definition) is 5. The van der Waals surface area contributed by atoms with Crippen molar-refractivity contribution in [2.45, 2.75) is 32.9 Å². The molecule has 124 valence electrons. The Labute approximate surface area is 144 Å². The van der Waals surface area contributed by atoms with E-state index in [2.05, 4.69) is 27.3 Å². The van der Waals surface area contributed by atoms with Crippen LogP contribution in [0.3, 0.4) is 0 Å². The van der Waals surface area contributed by atoms with E-state index in [0.29, 0.717) is 18.0 Å². The third-order valence-electron chi connectivity index (χ3n) is 3.60. The van der Waals surface area contributed by atoms with Crippen LogP contribution in [0.5, 0.6) is 0 Å². The van der Waals surface area contributed by atoms with Gasteiger partial charge in [0.1, 0.15) is 17.5 Å². The third-order valence-corrected chi connectivity index (χ3v) is 4.65. The summed E-state index contributed by atoms with van der Waals surface area (Å²) in [7, 11) is 0. The Kier molecular flexibility index (Phi) is 5.32. The molecule has 2 aromatic heterocycles. The lowest BCUT2D eigenvalue weighted by atomic mass is 10.1. The van der Waals surface area contributed by atoms with Gasteiger partial charge in [-0.2, -0.15) is 5.10 Å². The third kappa shape index (κ3) is 4.05. The normalized spacial score (nSPS) is 10.7. The van der Waals surface area contributed by atoms with Crippen molar-refractivity contribution in [2.24, 2.45) is 0 Å². The fraction of sp³-hybridized carbons (Fsp3) is 0.294. The smallest absolute Gasteiger partial charge is 0.263 e. The Bertz CT molecular complexity index is 797. The number of thiazole rings is 1. The number of nitrogens with zero attached hydrogens (tertiary/aromatic N) is 4. The Morgan fingerprint density at radius 3 is 2.88 bits per heavy atom. The van der Waals surface area contributed by atoms with Crippen molar-refractivity contribution in [1.29, 1.82) is 0 Å². The molecule has 1 aromatic carbocycles. The minimum atomic E-state index is -0.0783. The number of aromatic nitrogens is 4. The number of carbonyl (C=O) groups excluding carboxylic acids is 1. The molecule has 0 aliphatic heterocycles. The van der Waals surface area contributed by atoms with Crippen molar-refractivity contribution < 1.29 is 4.79 Å². The number of benzene rings is 1. The van der Waals surface area contributed by atoms with Crippen LogP contribution >= 0.6 is 11.3 Å². The summed E-state index contributed by atoms with van der Waals surface area (Å²) in [4.78, 5) is 21.2. The van der Waals surface area contributed by atoms with E-state index in [0.717, 1.165) is 29.0 Å². The summed E-state index contributed by atoms with van der Waals surface area (Å²) >= 11 is 1.46. The quantitative estimate of drug-likeness (QED) is 0.717. The highest BCUT2D eigenvalue weighted by molar-refractivity contribution is 7.13. The van der Waals surface area contributed by atoms with Crippen LogP contribution in [0.15, 0.2) is 43.1 Å². The number of rotatable bonds is 7. The number of aryl methyl sites for hydroxylation is 1. The molecule has 0 bridgehead atoms. The summed E-state index contributed by atoms with van der Waals surface area (Å²) in [6, 6.07) is 8.01. The van der Waals surface area contributed by atoms with Gasteiger partial charge in [0.25, 0.3) is 5.91 Å². The summed E-state index contributed by atoms with van der Waals surface area (Å²) in [5, 5.41) is 8.11. The highest BCUT2D eigenvalue weighted by Gasteiger charge is 2.11.